The zero-order valence-electron chi connectivity index (χ0n) is 10.2. The van der Waals surface area contributed by atoms with Crippen LogP contribution >= 0.6 is 0 Å². The molecular formula is C13H15N3O2. The van der Waals surface area contributed by atoms with Gasteiger partial charge in [-0.15, -0.1) is 0 Å². The molecule has 5 heteroatoms. The Labute approximate surface area is 105 Å². The van der Waals surface area contributed by atoms with Crippen LogP contribution in [0.2, 0.25) is 0 Å². The summed E-state index contributed by atoms with van der Waals surface area (Å²) in [6.07, 6.45) is 3.87. The Morgan fingerprint density at radius 3 is 2.83 bits per heavy atom. The standard InChI is InChI=1S/C13H15N3O2/c1-8-10(3-2-6-14-8)15-11-7-12(17)16(13(11)18)9-4-5-9/h2-3,6,9,11,15H,4-5,7H2,1H3. The predicted octanol–water partition coefficient (Wildman–Crippen LogP) is 1.09. The molecule has 1 saturated carbocycles. The van der Waals surface area contributed by atoms with Gasteiger partial charge in [0.05, 0.1) is 17.8 Å². The van der Waals surface area contributed by atoms with Crippen LogP contribution < -0.4 is 5.32 Å². The summed E-state index contributed by atoms with van der Waals surface area (Å²) in [6, 6.07) is 3.42. The number of nitrogens with zero attached hydrogens (tertiary/aromatic N) is 2. The zero-order chi connectivity index (χ0) is 12.7. The Morgan fingerprint density at radius 1 is 1.39 bits per heavy atom. The first-order valence-electron chi connectivity index (χ1n) is 6.21. The molecule has 1 N–H and O–H groups in total. The van der Waals surface area contributed by atoms with Gasteiger partial charge in [0.2, 0.25) is 5.91 Å². The number of carbonyl (C=O) groups is 2. The van der Waals surface area contributed by atoms with Gasteiger partial charge in [0.1, 0.15) is 6.04 Å². The number of aryl methyl sites for hydroxylation is 1. The molecule has 1 aromatic heterocycles. The second-order valence-electron chi connectivity index (χ2n) is 4.87. The number of rotatable bonds is 3. The summed E-state index contributed by atoms with van der Waals surface area (Å²) in [5, 5.41) is 3.13. The number of nitrogens with one attached hydrogen (secondary N) is 1. The van der Waals surface area contributed by atoms with E-state index in [1.54, 1.807) is 6.20 Å². The van der Waals surface area contributed by atoms with E-state index in [0.717, 1.165) is 24.2 Å². The molecule has 1 aliphatic heterocycles. The molecule has 0 radical (unpaired) electrons. The molecule has 0 spiro atoms. The van der Waals surface area contributed by atoms with E-state index in [-0.39, 0.29) is 24.3 Å². The third-order valence-corrected chi connectivity index (χ3v) is 3.43. The SMILES string of the molecule is Cc1ncccc1NC1CC(=O)N(C2CC2)C1=O. The summed E-state index contributed by atoms with van der Waals surface area (Å²) in [5.74, 6) is -0.146. The molecule has 2 amide bonds. The largest absolute Gasteiger partial charge is 0.372 e. The van der Waals surface area contributed by atoms with Crippen LogP contribution in [0.5, 0.6) is 0 Å². The highest BCUT2D eigenvalue weighted by Crippen LogP contribution is 2.32. The fourth-order valence-electron chi connectivity index (χ4n) is 2.30. The van der Waals surface area contributed by atoms with Crippen molar-refractivity contribution < 1.29 is 9.59 Å². The quantitative estimate of drug-likeness (QED) is 0.810. The van der Waals surface area contributed by atoms with Crippen molar-refractivity contribution in [3.8, 4) is 0 Å². The highest BCUT2D eigenvalue weighted by Gasteiger charge is 2.46. The molecule has 1 aromatic rings. The second-order valence-corrected chi connectivity index (χ2v) is 4.87. The zero-order valence-corrected chi connectivity index (χ0v) is 10.2. The number of imide groups is 1. The number of pyridine rings is 1. The van der Waals surface area contributed by atoms with E-state index in [9.17, 15) is 9.59 Å². The molecule has 0 bridgehead atoms. The van der Waals surface area contributed by atoms with E-state index in [1.165, 1.54) is 4.90 Å². The average molecular weight is 245 g/mol. The first kappa shape index (κ1) is 11.2. The number of carbonyl (C=O) groups excluding carboxylic acids is 2. The third kappa shape index (κ3) is 1.85. The van der Waals surface area contributed by atoms with E-state index in [1.807, 2.05) is 19.1 Å². The minimum Gasteiger partial charge on any atom is -0.372 e. The summed E-state index contributed by atoms with van der Waals surface area (Å²) < 4.78 is 0. The van der Waals surface area contributed by atoms with Gasteiger partial charge in [-0.05, 0) is 31.9 Å². The average Bonchev–Trinajstić information content (AvgIpc) is 3.11. The summed E-state index contributed by atoms with van der Waals surface area (Å²) in [6.45, 7) is 1.88. The third-order valence-electron chi connectivity index (χ3n) is 3.43. The highest BCUT2D eigenvalue weighted by atomic mass is 16.2. The van der Waals surface area contributed by atoms with Crippen molar-refractivity contribution in [1.82, 2.24) is 9.88 Å². The van der Waals surface area contributed by atoms with Gasteiger partial charge >= 0.3 is 0 Å². The van der Waals surface area contributed by atoms with E-state index >= 15 is 0 Å². The van der Waals surface area contributed by atoms with Crippen LogP contribution in [0.4, 0.5) is 5.69 Å². The van der Waals surface area contributed by atoms with Crippen molar-refractivity contribution >= 4 is 17.5 Å². The van der Waals surface area contributed by atoms with Gasteiger partial charge in [-0.1, -0.05) is 0 Å². The fraction of sp³-hybridized carbons (Fsp3) is 0.462. The Morgan fingerprint density at radius 2 is 2.17 bits per heavy atom. The van der Waals surface area contributed by atoms with Gasteiger partial charge in [0.15, 0.2) is 0 Å². The molecule has 1 atom stereocenters. The molecule has 3 rings (SSSR count). The number of hydrogen-bond acceptors (Lipinski definition) is 4. The van der Waals surface area contributed by atoms with Crippen molar-refractivity contribution in [2.24, 2.45) is 0 Å². The van der Waals surface area contributed by atoms with Crippen molar-refractivity contribution in [3.63, 3.8) is 0 Å². The van der Waals surface area contributed by atoms with E-state index < -0.39 is 6.04 Å². The van der Waals surface area contributed by atoms with Crippen LogP contribution in [0.1, 0.15) is 25.0 Å². The van der Waals surface area contributed by atoms with Crippen LogP contribution in [0.15, 0.2) is 18.3 Å². The minimum atomic E-state index is -0.430. The van der Waals surface area contributed by atoms with E-state index in [4.69, 9.17) is 0 Å². The summed E-state index contributed by atoms with van der Waals surface area (Å²) in [4.78, 5) is 29.5. The molecule has 0 aromatic carbocycles. The van der Waals surface area contributed by atoms with Gasteiger partial charge in [0.25, 0.3) is 5.91 Å². The van der Waals surface area contributed by atoms with Gasteiger partial charge in [-0.3, -0.25) is 19.5 Å². The van der Waals surface area contributed by atoms with Gasteiger partial charge in [-0.25, -0.2) is 0 Å². The van der Waals surface area contributed by atoms with Crippen molar-refractivity contribution in [3.05, 3.63) is 24.0 Å². The number of anilines is 1. The number of hydrogen-bond donors (Lipinski definition) is 1. The molecule has 18 heavy (non-hydrogen) atoms. The maximum absolute atomic E-state index is 12.1. The molecule has 94 valence electrons. The van der Waals surface area contributed by atoms with E-state index in [0.29, 0.717) is 0 Å². The normalized spacial score (nSPS) is 23.6. The first-order chi connectivity index (χ1) is 8.66. The van der Waals surface area contributed by atoms with Crippen LogP contribution in [0.25, 0.3) is 0 Å². The molecule has 2 heterocycles. The Bertz CT molecular complexity index is 511. The van der Waals surface area contributed by atoms with Gasteiger partial charge in [0, 0.05) is 12.2 Å². The lowest BCUT2D eigenvalue weighted by Crippen LogP contribution is -2.36. The molecule has 1 saturated heterocycles. The lowest BCUT2D eigenvalue weighted by atomic mass is 10.2. The fourth-order valence-corrected chi connectivity index (χ4v) is 2.30. The Hall–Kier alpha value is -1.91. The molecule has 2 aliphatic rings. The lowest BCUT2D eigenvalue weighted by Gasteiger charge is -2.15. The minimum absolute atomic E-state index is 0.0541. The Kier molecular flexibility index (Phi) is 2.54. The molecule has 5 nitrogen and oxygen atoms in total. The highest BCUT2D eigenvalue weighted by molar-refractivity contribution is 6.07. The topological polar surface area (TPSA) is 62.3 Å². The predicted molar refractivity (Wildman–Crippen MR) is 65.9 cm³/mol. The molecule has 1 unspecified atom stereocenters. The van der Waals surface area contributed by atoms with Crippen molar-refractivity contribution in [1.29, 1.82) is 0 Å². The molecule has 2 fully saturated rings. The summed E-state index contributed by atoms with van der Waals surface area (Å²) in [5.41, 5.74) is 1.66. The van der Waals surface area contributed by atoms with Crippen LogP contribution in [0, 0.1) is 6.92 Å². The van der Waals surface area contributed by atoms with Crippen LogP contribution in [-0.4, -0.2) is 33.8 Å². The van der Waals surface area contributed by atoms with Crippen molar-refractivity contribution in [2.75, 3.05) is 5.32 Å². The van der Waals surface area contributed by atoms with Crippen LogP contribution in [0.3, 0.4) is 0 Å². The molecule has 1 aliphatic carbocycles. The van der Waals surface area contributed by atoms with Crippen molar-refractivity contribution in [2.45, 2.75) is 38.3 Å². The van der Waals surface area contributed by atoms with Crippen LogP contribution in [-0.2, 0) is 9.59 Å². The second kappa shape index (κ2) is 4.08. The molecular weight excluding hydrogens is 230 g/mol. The maximum Gasteiger partial charge on any atom is 0.252 e. The number of likely N-dealkylation sites (tertiary alicyclic amines) is 1. The number of aromatic nitrogens is 1. The van der Waals surface area contributed by atoms with Gasteiger partial charge in [-0.2, -0.15) is 0 Å². The smallest absolute Gasteiger partial charge is 0.252 e. The maximum atomic E-state index is 12.1. The lowest BCUT2D eigenvalue weighted by molar-refractivity contribution is -0.139. The summed E-state index contributed by atoms with van der Waals surface area (Å²) >= 11 is 0. The first-order valence-corrected chi connectivity index (χ1v) is 6.21. The monoisotopic (exact) mass is 245 g/mol. The van der Waals surface area contributed by atoms with E-state index in [2.05, 4.69) is 10.3 Å². The van der Waals surface area contributed by atoms with Gasteiger partial charge < -0.3 is 5.32 Å². The number of amides is 2. The summed E-state index contributed by atoms with van der Waals surface area (Å²) in [7, 11) is 0. The Balaban J connectivity index is 1.76.